The van der Waals surface area contributed by atoms with E-state index in [2.05, 4.69) is 42.0 Å². The van der Waals surface area contributed by atoms with E-state index in [1.165, 1.54) is 0 Å². The number of rotatable bonds is 6. The van der Waals surface area contributed by atoms with E-state index in [9.17, 15) is 4.79 Å². The van der Waals surface area contributed by atoms with E-state index in [-0.39, 0.29) is 11.5 Å². The third-order valence-electron chi connectivity index (χ3n) is 2.74. The fraction of sp³-hybridized carbons (Fsp3) is 0.562. The molecule has 1 unspecified atom stereocenters. The molecule has 0 fully saturated rings. The van der Waals surface area contributed by atoms with Crippen LogP contribution < -0.4 is 10.1 Å². The molecule has 4 nitrogen and oxygen atoms in total. The average Bonchev–Trinajstić information content (AvgIpc) is 2.38. The van der Waals surface area contributed by atoms with Crippen molar-refractivity contribution >= 4 is 21.9 Å². The van der Waals surface area contributed by atoms with Crippen molar-refractivity contribution in [2.75, 3.05) is 6.61 Å². The molecule has 1 aromatic carbocycles. The van der Waals surface area contributed by atoms with Crippen LogP contribution in [0.1, 0.15) is 40.2 Å². The Kier molecular flexibility index (Phi) is 6.68. The van der Waals surface area contributed by atoms with Gasteiger partial charge in [-0.05, 0) is 68.2 Å². The lowest BCUT2D eigenvalue weighted by atomic mass is 10.1. The Morgan fingerprint density at radius 1 is 1.38 bits per heavy atom. The Morgan fingerprint density at radius 3 is 2.57 bits per heavy atom. The molecule has 0 aliphatic rings. The lowest BCUT2D eigenvalue weighted by Gasteiger charge is -2.21. The van der Waals surface area contributed by atoms with Crippen LogP contribution in [0.15, 0.2) is 22.7 Å². The van der Waals surface area contributed by atoms with Gasteiger partial charge in [0.25, 0.3) is 0 Å². The summed E-state index contributed by atoms with van der Waals surface area (Å²) in [7, 11) is 0. The van der Waals surface area contributed by atoms with E-state index in [0.717, 1.165) is 16.6 Å². The molecule has 0 saturated carbocycles. The molecule has 0 saturated heterocycles. The monoisotopic (exact) mass is 357 g/mol. The number of benzene rings is 1. The van der Waals surface area contributed by atoms with Crippen LogP contribution in [-0.2, 0) is 16.1 Å². The zero-order valence-electron chi connectivity index (χ0n) is 13.3. The van der Waals surface area contributed by atoms with E-state index >= 15 is 0 Å². The first kappa shape index (κ1) is 18.0. The molecule has 0 radical (unpaired) electrons. The highest BCUT2D eigenvalue weighted by Crippen LogP contribution is 2.27. The smallest absolute Gasteiger partial charge is 0.347 e. The number of hydrogen-bond acceptors (Lipinski definition) is 4. The molecule has 1 rings (SSSR count). The first-order valence-corrected chi connectivity index (χ1v) is 7.89. The van der Waals surface area contributed by atoms with Crippen molar-refractivity contribution in [3.05, 3.63) is 28.2 Å². The molecular weight excluding hydrogens is 334 g/mol. The van der Waals surface area contributed by atoms with Crippen LogP contribution in [0, 0.1) is 0 Å². The SMILES string of the molecule is CCOC(=O)C(C)Oc1ccc(CNC(C)(C)C)cc1Br. The highest BCUT2D eigenvalue weighted by molar-refractivity contribution is 9.10. The first-order chi connectivity index (χ1) is 9.73. The predicted octanol–water partition coefficient (Wildman–Crippen LogP) is 3.67. The summed E-state index contributed by atoms with van der Waals surface area (Å²) >= 11 is 3.48. The third-order valence-corrected chi connectivity index (χ3v) is 3.36. The highest BCUT2D eigenvalue weighted by Gasteiger charge is 2.17. The molecule has 1 aromatic rings. The maximum Gasteiger partial charge on any atom is 0.347 e. The normalized spacial score (nSPS) is 12.9. The minimum atomic E-state index is -0.625. The first-order valence-electron chi connectivity index (χ1n) is 7.09. The van der Waals surface area contributed by atoms with E-state index < -0.39 is 6.10 Å². The van der Waals surface area contributed by atoms with E-state index in [4.69, 9.17) is 9.47 Å². The zero-order chi connectivity index (χ0) is 16.0. The van der Waals surface area contributed by atoms with Crippen LogP contribution in [0.4, 0.5) is 0 Å². The van der Waals surface area contributed by atoms with Gasteiger partial charge in [0.2, 0.25) is 0 Å². The molecule has 21 heavy (non-hydrogen) atoms. The van der Waals surface area contributed by atoms with Gasteiger partial charge in [-0.3, -0.25) is 0 Å². The molecule has 118 valence electrons. The second-order valence-corrected chi connectivity index (χ2v) is 6.73. The maximum absolute atomic E-state index is 11.6. The van der Waals surface area contributed by atoms with E-state index in [1.807, 2.05) is 18.2 Å². The average molecular weight is 358 g/mol. The Morgan fingerprint density at radius 2 is 2.05 bits per heavy atom. The molecule has 0 spiro atoms. The van der Waals surface area contributed by atoms with Crippen LogP contribution in [0.2, 0.25) is 0 Å². The number of hydrogen-bond donors (Lipinski definition) is 1. The molecule has 0 aliphatic heterocycles. The zero-order valence-corrected chi connectivity index (χ0v) is 14.9. The number of carbonyl (C=O) groups excluding carboxylic acids is 1. The number of nitrogens with one attached hydrogen (secondary N) is 1. The standard InChI is InChI=1S/C16H24BrNO3/c1-6-20-15(19)11(2)21-14-8-7-12(9-13(14)17)10-18-16(3,4)5/h7-9,11,18H,6,10H2,1-5H3. The minimum Gasteiger partial charge on any atom is -0.478 e. The van der Waals surface area contributed by atoms with E-state index in [1.54, 1.807) is 13.8 Å². The van der Waals surface area contributed by atoms with Crippen LogP contribution in [-0.4, -0.2) is 24.2 Å². The topological polar surface area (TPSA) is 47.6 Å². The van der Waals surface area contributed by atoms with Crippen LogP contribution in [0.3, 0.4) is 0 Å². The Hall–Kier alpha value is -1.07. The van der Waals surface area contributed by atoms with Crippen molar-refractivity contribution in [1.29, 1.82) is 0 Å². The number of halogens is 1. The minimum absolute atomic E-state index is 0.0695. The predicted molar refractivity (Wildman–Crippen MR) is 87.5 cm³/mol. The fourth-order valence-electron chi connectivity index (χ4n) is 1.62. The van der Waals surface area contributed by atoms with Gasteiger partial charge in [0, 0.05) is 12.1 Å². The molecule has 1 atom stereocenters. The van der Waals surface area contributed by atoms with Gasteiger partial charge in [0.05, 0.1) is 11.1 Å². The van der Waals surface area contributed by atoms with Crippen molar-refractivity contribution < 1.29 is 14.3 Å². The summed E-state index contributed by atoms with van der Waals surface area (Å²) < 4.78 is 11.4. The second kappa shape index (κ2) is 7.80. The largest absolute Gasteiger partial charge is 0.478 e. The summed E-state index contributed by atoms with van der Waals surface area (Å²) in [5, 5.41) is 3.42. The highest BCUT2D eigenvalue weighted by atomic mass is 79.9. The molecule has 0 heterocycles. The van der Waals surface area contributed by atoms with Crippen LogP contribution in [0.25, 0.3) is 0 Å². The van der Waals surface area contributed by atoms with Gasteiger partial charge < -0.3 is 14.8 Å². The quantitative estimate of drug-likeness (QED) is 0.789. The van der Waals surface area contributed by atoms with Gasteiger partial charge >= 0.3 is 5.97 Å². The molecule has 0 aromatic heterocycles. The van der Waals surface area contributed by atoms with Gasteiger partial charge in [0.15, 0.2) is 6.10 Å². The van der Waals surface area contributed by atoms with Gasteiger partial charge in [-0.1, -0.05) is 6.07 Å². The van der Waals surface area contributed by atoms with Crippen molar-refractivity contribution in [1.82, 2.24) is 5.32 Å². The van der Waals surface area contributed by atoms with Crippen LogP contribution >= 0.6 is 15.9 Å². The number of ether oxygens (including phenoxy) is 2. The summed E-state index contributed by atoms with van der Waals surface area (Å²) in [5.41, 5.74) is 1.22. The van der Waals surface area contributed by atoms with Gasteiger partial charge in [-0.25, -0.2) is 4.79 Å². The Labute approximate surface area is 135 Å². The van der Waals surface area contributed by atoms with Crippen molar-refractivity contribution in [3.8, 4) is 5.75 Å². The van der Waals surface area contributed by atoms with Crippen molar-refractivity contribution in [2.24, 2.45) is 0 Å². The lowest BCUT2D eigenvalue weighted by molar-refractivity contribution is -0.150. The van der Waals surface area contributed by atoms with Crippen molar-refractivity contribution in [2.45, 2.75) is 52.8 Å². The fourth-order valence-corrected chi connectivity index (χ4v) is 2.13. The number of esters is 1. The summed E-state index contributed by atoms with van der Waals surface area (Å²) in [6.45, 7) is 11.0. The summed E-state index contributed by atoms with van der Waals surface area (Å²) in [6, 6.07) is 5.84. The third kappa shape index (κ3) is 6.48. The molecule has 0 amide bonds. The Bertz CT molecular complexity index is 483. The Balaban J connectivity index is 2.68. The second-order valence-electron chi connectivity index (χ2n) is 5.88. The number of carbonyl (C=O) groups is 1. The molecule has 0 bridgehead atoms. The van der Waals surface area contributed by atoms with Gasteiger partial charge in [-0.2, -0.15) is 0 Å². The summed E-state index contributed by atoms with van der Waals surface area (Å²) in [6.07, 6.45) is -0.625. The lowest BCUT2D eigenvalue weighted by Crippen LogP contribution is -2.35. The van der Waals surface area contributed by atoms with Crippen molar-refractivity contribution in [3.63, 3.8) is 0 Å². The maximum atomic E-state index is 11.6. The van der Waals surface area contributed by atoms with Gasteiger partial charge in [0.1, 0.15) is 5.75 Å². The van der Waals surface area contributed by atoms with Crippen LogP contribution in [0.5, 0.6) is 5.75 Å². The molecular formula is C16H24BrNO3. The summed E-state index contributed by atoms with van der Waals surface area (Å²) in [5.74, 6) is 0.276. The molecule has 1 N–H and O–H groups in total. The summed E-state index contributed by atoms with van der Waals surface area (Å²) in [4.78, 5) is 11.6. The molecule has 5 heteroatoms. The molecule has 0 aliphatic carbocycles. The van der Waals surface area contributed by atoms with E-state index in [0.29, 0.717) is 12.4 Å². The van der Waals surface area contributed by atoms with Gasteiger partial charge in [-0.15, -0.1) is 0 Å².